The first-order valence-corrected chi connectivity index (χ1v) is 8.91. The Morgan fingerprint density at radius 2 is 2.04 bits per heavy atom. The molecule has 6 nitrogen and oxygen atoms in total. The van der Waals surface area contributed by atoms with Crippen molar-refractivity contribution < 1.29 is 0 Å². The fraction of sp³-hybridized carbons (Fsp3) is 0.0625. The van der Waals surface area contributed by atoms with Gasteiger partial charge >= 0.3 is 0 Å². The first kappa shape index (κ1) is 15.1. The van der Waals surface area contributed by atoms with Crippen molar-refractivity contribution in [3.8, 4) is 11.3 Å². The van der Waals surface area contributed by atoms with Crippen LogP contribution in [0, 0.1) is 0 Å². The fourth-order valence-electron chi connectivity index (χ4n) is 2.40. The number of nitrogen functional groups attached to an aromatic ring is 1. The van der Waals surface area contributed by atoms with Gasteiger partial charge in [0.15, 0.2) is 10.8 Å². The van der Waals surface area contributed by atoms with Gasteiger partial charge in [0.1, 0.15) is 5.82 Å². The molecule has 0 aliphatic carbocycles. The number of aromatic nitrogens is 4. The quantitative estimate of drug-likeness (QED) is 0.544. The normalized spacial score (nSPS) is 11.0. The Morgan fingerprint density at radius 3 is 2.79 bits per heavy atom. The van der Waals surface area contributed by atoms with Crippen molar-refractivity contribution in [1.82, 2.24) is 19.6 Å². The molecule has 3 aromatic heterocycles. The second kappa shape index (κ2) is 6.21. The third kappa shape index (κ3) is 2.85. The Hall–Kier alpha value is -2.45. The van der Waals surface area contributed by atoms with Gasteiger partial charge in [-0.15, -0.1) is 11.3 Å². The molecule has 0 unspecified atom stereocenters. The maximum atomic E-state index is 5.69. The minimum absolute atomic E-state index is 0.568. The summed E-state index contributed by atoms with van der Waals surface area (Å²) in [6.07, 6.45) is 1.74. The van der Waals surface area contributed by atoms with Crippen LogP contribution in [0.3, 0.4) is 0 Å². The Morgan fingerprint density at radius 1 is 1.21 bits per heavy atom. The zero-order valence-electron chi connectivity index (χ0n) is 12.5. The molecule has 0 radical (unpaired) electrons. The van der Waals surface area contributed by atoms with Gasteiger partial charge < -0.3 is 11.1 Å². The van der Waals surface area contributed by atoms with Crippen molar-refractivity contribution in [2.75, 3.05) is 11.1 Å². The fourth-order valence-corrected chi connectivity index (χ4v) is 3.31. The Kier molecular flexibility index (Phi) is 3.91. The molecular formula is C16H13BrN6S. The number of anilines is 2. The molecule has 0 bridgehead atoms. The molecule has 3 heterocycles. The summed E-state index contributed by atoms with van der Waals surface area (Å²) in [5.41, 5.74) is 9.28. The van der Waals surface area contributed by atoms with Gasteiger partial charge in [0.25, 0.3) is 0 Å². The molecule has 0 fully saturated rings. The van der Waals surface area contributed by atoms with E-state index in [0.717, 1.165) is 32.9 Å². The molecule has 1 aromatic carbocycles. The van der Waals surface area contributed by atoms with Gasteiger partial charge in [-0.25, -0.2) is 9.97 Å². The van der Waals surface area contributed by atoms with E-state index < -0.39 is 0 Å². The van der Waals surface area contributed by atoms with Crippen molar-refractivity contribution >= 4 is 43.9 Å². The van der Waals surface area contributed by atoms with Crippen LogP contribution in [-0.4, -0.2) is 19.6 Å². The number of rotatable bonds is 4. The molecule has 3 N–H and O–H groups in total. The van der Waals surface area contributed by atoms with Gasteiger partial charge in [-0.3, -0.25) is 0 Å². The van der Waals surface area contributed by atoms with E-state index in [1.54, 1.807) is 10.7 Å². The van der Waals surface area contributed by atoms with Crippen LogP contribution in [0.5, 0.6) is 0 Å². The van der Waals surface area contributed by atoms with E-state index in [2.05, 4.69) is 31.3 Å². The summed E-state index contributed by atoms with van der Waals surface area (Å²) < 4.78 is 2.62. The van der Waals surface area contributed by atoms with Crippen molar-refractivity contribution in [2.24, 2.45) is 0 Å². The second-order valence-corrected chi connectivity index (χ2v) is 6.90. The molecular weight excluding hydrogens is 388 g/mol. The smallest absolute Gasteiger partial charge is 0.180 e. The highest BCUT2D eigenvalue weighted by Gasteiger charge is 2.11. The highest BCUT2D eigenvalue weighted by Crippen LogP contribution is 2.26. The molecule has 0 amide bonds. The van der Waals surface area contributed by atoms with E-state index in [1.165, 1.54) is 11.3 Å². The van der Waals surface area contributed by atoms with Crippen molar-refractivity contribution in [1.29, 1.82) is 0 Å². The molecule has 4 rings (SSSR count). The first-order chi connectivity index (χ1) is 11.7. The number of nitrogens with zero attached hydrogens (tertiary/aromatic N) is 4. The SMILES string of the molecule is Nc1nc(CNc2cc(-c3ccccc3)nc3c(Br)cnn23)cs1. The predicted octanol–water partition coefficient (Wildman–Crippen LogP) is 3.81. The average Bonchev–Trinajstić information content (AvgIpc) is 3.19. The highest BCUT2D eigenvalue weighted by molar-refractivity contribution is 9.10. The predicted molar refractivity (Wildman–Crippen MR) is 100.0 cm³/mol. The summed E-state index contributed by atoms with van der Waals surface area (Å²) in [4.78, 5) is 8.98. The largest absolute Gasteiger partial charge is 0.375 e. The zero-order valence-corrected chi connectivity index (χ0v) is 14.9. The summed E-state index contributed by atoms with van der Waals surface area (Å²) in [7, 11) is 0. The number of fused-ring (bicyclic) bond motifs is 1. The summed E-state index contributed by atoms with van der Waals surface area (Å²) in [6, 6.07) is 12.0. The van der Waals surface area contributed by atoms with Gasteiger partial charge in [0, 0.05) is 17.0 Å². The lowest BCUT2D eigenvalue weighted by Gasteiger charge is -2.10. The van der Waals surface area contributed by atoms with Gasteiger partial charge in [-0.1, -0.05) is 30.3 Å². The van der Waals surface area contributed by atoms with Gasteiger partial charge in [0.05, 0.1) is 28.6 Å². The molecule has 4 aromatic rings. The minimum Gasteiger partial charge on any atom is -0.375 e. The van der Waals surface area contributed by atoms with Crippen LogP contribution in [0.4, 0.5) is 10.9 Å². The van der Waals surface area contributed by atoms with Crippen molar-refractivity contribution in [2.45, 2.75) is 6.54 Å². The molecule has 120 valence electrons. The molecule has 0 saturated carbocycles. The monoisotopic (exact) mass is 400 g/mol. The Bertz CT molecular complexity index is 994. The van der Waals surface area contributed by atoms with Crippen LogP contribution in [-0.2, 0) is 6.54 Å². The number of thiazole rings is 1. The summed E-state index contributed by atoms with van der Waals surface area (Å²) in [5, 5.41) is 10.3. The minimum atomic E-state index is 0.568. The summed E-state index contributed by atoms with van der Waals surface area (Å²) in [5.74, 6) is 0.844. The standard InChI is InChI=1S/C16H13BrN6S/c17-12-8-20-23-14(19-7-11-9-24-16(18)21-11)6-13(22-15(12)23)10-4-2-1-3-5-10/h1-6,8-9,19H,7H2,(H2,18,21). The lowest BCUT2D eigenvalue weighted by Crippen LogP contribution is -2.07. The van der Waals surface area contributed by atoms with Crippen LogP contribution < -0.4 is 11.1 Å². The van der Waals surface area contributed by atoms with Crippen molar-refractivity contribution in [3.05, 3.63) is 58.1 Å². The average molecular weight is 401 g/mol. The Balaban J connectivity index is 1.75. The van der Waals surface area contributed by atoms with E-state index in [0.29, 0.717) is 11.7 Å². The third-order valence-electron chi connectivity index (χ3n) is 3.52. The number of hydrogen-bond donors (Lipinski definition) is 2. The molecule has 0 spiro atoms. The topological polar surface area (TPSA) is 81.1 Å². The number of nitrogens with two attached hydrogens (primary N) is 1. The van der Waals surface area contributed by atoms with E-state index in [-0.39, 0.29) is 0 Å². The van der Waals surface area contributed by atoms with Crippen LogP contribution in [0.2, 0.25) is 0 Å². The number of hydrogen-bond acceptors (Lipinski definition) is 6. The molecule has 24 heavy (non-hydrogen) atoms. The van der Waals surface area contributed by atoms with Gasteiger partial charge in [-0.2, -0.15) is 9.61 Å². The summed E-state index contributed by atoms with van der Waals surface area (Å²) in [6.45, 7) is 0.568. The molecule has 0 atom stereocenters. The van der Waals surface area contributed by atoms with E-state index in [9.17, 15) is 0 Å². The van der Waals surface area contributed by atoms with Crippen LogP contribution in [0.1, 0.15) is 5.69 Å². The van der Waals surface area contributed by atoms with E-state index in [1.807, 2.05) is 41.8 Å². The zero-order chi connectivity index (χ0) is 16.5. The Labute approximate surface area is 150 Å². The van der Waals surface area contributed by atoms with Crippen LogP contribution in [0.25, 0.3) is 16.9 Å². The van der Waals surface area contributed by atoms with Crippen molar-refractivity contribution in [3.63, 3.8) is 0 Å². The van der Waals surface area contributed by atoms with E-state index in [4.69, 9.17) is 10.7 Å². The summed E-state index contributed by atoms with van der Waals surface area (Å²) >= 11 is 4.94. The van der Waals surface area contributed by atoms with Crippen LogP contribution in [0.15, 0.2) is 52.4 Å². The highest BCUT2D eigenvalue weighted by atomic mass is 79.9. The second-order valence-electron chi connectivity index (χ2n) is 5.15. The first-order valence-electron chi connectivity index (χ1n) is 7.24. The lowest BCUT2D eigenvalue weighted by atomic mass is 10.1. The number of benzene rings is 1. The molecule has 0 aliphatic rings. The van der Waals surface area contributed by atoms with Gasteiger partial charge in [0.2, 0.25) is 0 Å². The molecule has 0 aliphatic heterocycles. The number of halogens is 1. The number of nitrogens with one attached hydrogen (secondary N) is 1. The third-order valence-corrected chi connectivity index (χ3v) is 4.80. The van der Waals surface area contributed by atoms with Crippen LogP contribution >= 0.6 is 27.3 Å². The molecule has 0 saturated heterocycles. The maximum Gasteiger partial charge on any atom is 0.180 e. The maximum absolute atomic E-state index is 5.69. The van der Waals surface area contributed by atoms with Gasteiger partial charge in [-0.05, 0) is 15.9 Å². The molecule has 8 heteroatoms. The lowest BCUT2D eigenvalue weighted by molar-refractivity contribution is 0.921. The van der Waals surface area contributed by atoms with E-state index >= 15 is 0 Å².